The maximum atomic E-state index is 11.6. The number of hydrogen-bond acceptors (Lipinski definition) is 4. The normalized spacial score (nSPS) is 12.5. The molecule has 0 saturated carbocycles. The molecule has 1 rings (SSSR count). The molecule has 6 heteroatoms. The zero-order valence-electron chi connectivity index (χ0n) is 11.8. The number of rotatable bonds is 7. The molecule has 1 aromatic heterocycles. The zero-order chi connectivity index (χ0) is 14.3. The monoisotopic (exact) mass is 269 g/mol. The van der Waals surface area contributed by atoms with Gasteiger partial charge in [0.1, 0.15) is 0 Å². The third kappa shape index (κ3) is 5.30. The number of aromatic nitrogens is 1. The Hall–Kier alpha value is -1.56. The zero-order valence-corrected chi connectivity index (χ0v) is 11.8. The Morgan fingerprint density at radius 3 is 2.79 bits per heavy atom. The van der Waals surface area contributed by atoms with Crippen molar-refractivity contribution in [1.29, 1.82) is 0 Å². The Balaban J connectivity index is 2.36. The Kier molecular flexibility index (Phi) is 6.35. The van der Waals surface area contributed by atoms with Crippen molar-refractivity contribution in [3.05, 3.63) is 17.5 Å². The summed E-state index contributed by atoms with van der Waals surface area (Å²) in [6.45, 7) is 6.40. The minimum absolute atomic E-state index is 0.00838. The number of carbonyl (C=O) groups is 1. The molecule has 6 nitrogen and oxygen atoms in total. The summed E-state index contributed by atoms with van der Waals surface area (Å²) in [5.74, 6) is 0.939. The van der Waals surface area contributed by atoms with Crippen LogP contribution in [0.2, 0.25) is 0 Å². The fraction of sp³-hybridized carbons (Fsp3) is 0.692. The number of carbonyl (C=O) groups excluding carboxylic acids is 1. The summed E-state index contributed by atoms with van der Waals surface area (Å²) in [6, 6.07) is 1.57. The van der Waals surface area contributed by atoms with Crippen molar-refractivity contribution in [1.82, 2.24) is 15.8 Å². The van der Waals surface area contributed by atoms with E-state index in [1.807, 2.05) is 26.8 Å². The molecule has 1 unspecified atom stereocenters. The first kappa shape index (κ1) is 15.5. The van der Waals surface area contributed by atoms with Gasteiger partial charge in [-0.3, -0.25) is 0 Å². The topological polar surface area (TPSA) is 87.4 Å². The standard InChI is InChI=1S/C13H23N3O3/c1-4-10(5-6-17)15-13(18)14-8-11-7-12(9(2)3)16-19-11/h7,9-10,17H,4-6,8H2,1-3H3,(H2,14,15,18). The number of nitrogens with one attached hydrogen (secondary N) is 2. The van der Waals surface area contributed by atoms with Gasteiger partial charge in [-0.05, 0) is 18.8 Å². The van der Waals surface area contributed by atoms with E-state index in [-0.39, 0.29) is 18.7 Å². The van der Waals surface area contributed by atoms with E-state index >= 15 is 0 Å². The van der Waals surface area contributed by atoms with Crippen LogP contribution in [-0.4, -0.2) is 28.9 Å². The average Bonchev–Trinajstić information content (AvgIpc) is 2.84. The van der Waals surface area contributed by atoms with E-state index in [0.29, 0.717) is 24.6 Å². The van der Waals surface area contributed by atoms with Gasteiger partial charge >= 0.3 is 6.03 Å². The van der Waals surface area contributed by atoms with Crippen LogP contribution >= 0.6 is 0 Å². The molecular weight excluding hydrogens is 246 g/mol. The van der Waals surface area contributed by atoms with Gasteiger partial charge < -0.3 is 20.3 Å². The Morgan fingerprint density at radius 1 is 1.53 bits per heavy atom. The molecular formula is C13H23N3O3. The first-order valence-corrected chi connectivity index (χ1v) is 6.67. The molecule has 108 valence electrons. The molecule has 3 N–H and O–H groups in total. The second kappa shape index (κ2) is 7.78. The predicted molar refractivity (Wildman–Crippen MR) is 71.7 cm³/mol. The summed E-state index contributed by atoms with van der Waals surface area (Å²) in [6.07, 6.45) is 1.34. The minimum atomic E-state index is -0.261. The quantitative estimate of drug-likeness (QED) is 0.704. The van der Waals surface area contributed by atoms with Crippen LogP contribution in [0.25, 0.3) is 0 Å². The van der Waals surface area contributed by atoms with Crippen molar-refractivity contribution in [2.75, 3.05) is 6.61 Å². The highest BCUT2D eigenvalue weighted by molar-refractivity contribution is 5.74. The van der Waals surface area contributed by atoms with Crippen LogP contribution in [0.5, 0.6) is 0 Å². The van der Waals surface area contributed by atoms with Gasteiger partial charge in [-0.1, -0.05) is 25.9 Å². The van der Waals surface area contributed by atoms with E-state index in [2.05, 4.69) is 15.8 Å². The minimum Gasteiger partial charge on any atom is -0.396 e. The van der Waals surface area contributed by atoms with Gasteiger partial charge in [0.15, 0.2) is 5.76 Å². The Morgan fingerprint density at radius 2 is 2.26 bits per heavy atom. The van der Waals surface area contributed by atoms with Gasteiger partial charge in [0.2, 0.25) is 0 Å². The highest BCUT2D eigenvalue weighted by atomic mass is 16.5. The largest absolute Gasteiger partial charge is 0.396 e. The molecule has 0 fully saturated rings. The highest BCUT2D eigenvalue weighted by Gasteiger charge is 2.11. The van der Waals surface area contributed by atoms with Crippen molar-refractivity contribution in [3.63, 3.8) is 0 Å². The first-order valence-electron chi connectivity index (χ1n) is 6.67. The second-order valence-electron chi connectivity index (χ2n) is 4.82. The summed E-state index contributed by atoms with van der Waals surface area (Å²) >= 11 is 0. The number of nitrogens with zero attached hydrogens (tertiary/aromatic N) is 1. The molecule has 19 heavy (non-hydrogen) atoms. The number of amides is 2. The fourth-order valence-corrected chi connectivity index (χ4v) is 1.62. The van der Waals surface area contributed by atoms with Crippen molar-refractivity contribution in [2.24, 2.45) is 0 Å². The van der Waals surface area contributed by atoms with Crippen LogP contribution in [0, 0.1) is 0 Å². The average molecular weight is 269 g/mol. The molecule has 0 aliphatic rings. The highest BCUT2D eigenvalue weighted by Crippen LogP contribution is 2.13. The molecule has 1 atom stereocenters. The Bertz CT molecular complexity index is 390. The molecule has 0 saturated heterocycles. The van der Waals surface area contributed by atoms with Crippen molar-refractivity contribution >= 4 is 6.03 Å². The molecule has 2 amide bonds. The number of hydrogen-bond donors (Lipinski definition) is 3. The first-order chi connectivity index (χ1) is 9.06. The number of urea groups is 1. The van der Waals surface area contributed by atoms with Gasteiger partial charge in [-0.25, -0.2) is 4.79 Å². The lowest BCUT2D eigenvalue weighted by molar-refractivity contribution is 0.226. The van der Waals surface area contributed by atoms with Crippen LogP contribution < -0.4 is 10.6 Å². The van der Waals surface area contributed by atoms with E-state index in [0.717, 1.165) is 12.1 Å². The van der Waals surface area contributed by atoms with Gasteiger partial charge in [0.25, 0.3) is 0 Å². The third-order valence-corrected chi connectivity index (χ3v) is 2.90. The van der Waals surface area contributed by atoms with E-state index in [1.165, 1.54) is 0 Å². The van der Waals surface area contributed by atoms with Crippen LogP contribution in [0.3, 0.4) is 0 Å². The summed E-state index contributed by atoms with van der Waals surface area (Å²) in [4.78, 5) is 11.6. The predicted octanol–water partition coefficient (Wildman–Crippen LogP) is 1.76. The van der Waals surface area contributed by atoms with E-state index < -0.39 is 0 Å². The maximum Gasteiger partial charge on any atom is 0.315 e. The van der Waals surface area contributed by atoms with Gasteiger partial charge in [0, 0.05) is 18.7 Å². The molecule has 0 aliphatic heterocycles. The smallest absolute Gasteiger partial charge is 0.315 e. The van der Waals surface area contributed by atoms with Crippen molar-refractivity contribution in [2.45, 2.75) is 52.1 Å². The number of aliphatic hydroxyl groups is 1. The molecule has 0 aliphatic carbocycles. The summed E-state index contributed by atoms with van der Waals surface area (Å²) in [5.41, 5.74) is 0.879. The molecule has 0 aromatic carbocycles. The van der Waals surface area contributed by atoms with Crippen LogP contribution in [-0.2, 0) is 6.54 Å². The summed E-state index contributed by atoms with van der Waals surface area (Å²) < 4.78 is 5.12. The van der Waals surface area contributed by atoms with Crippen LogP contribution in [0.1, 0.15) is 51.0 Å². The molecule has 0 radical (unpaired) electrons. The second-order valence-corrected chi connectivity index (χ2v) is 4.82. The SMILES string of the molecule is CCC(CCO)NC(=O)NCc1cc(C(C)C)no1. The van der Waals surface area contributed by atoms with Crippen LogP contribution in [0.4, 0.5) is 4.79 Å². The van der Waals surface area contributed by atoms with Gasteiger partial charge in [-0.15, -0.1) is 0 Å². The van der Waals surface area contributed by atoms with Crippen molar-refractivity contribution < 1.29 is 14.4 Å². The van der Waals surface area contributed by atoms with Gasteiger partial charge in [-0.2, -0.15) is 0 Å². The van der Waals surface area contributed by atoms with E-state index in [1.54, 1.807) is 0 Å². The summed E-state index contributed by atoms with van der Waals surface area (Å²) in [7, 11) is 0. The molecule has 0 bridgehead atoms. The van der Waals surface area contributed by atoms with E-state index in [4.69, 9.17) is 9.63 Å². The maximum absolute atomic E-state index is 11.6. The third-order valence-electron chi connectivity index (χ3n) is 2.90. The lowest BCUT2D eigenvalue weighted by Crippen LogP contribution is -2.41. The summed E-state index contributed by atoms with van der Waals surface area (Å²) in [5, 5.41) is 18.3. The molecule has 1 heterocycles. The fourth-order valence-electron chi connectivity index (χ4n) is 1.62. The van der Waals surface area contributed by atoms with E-state index in [9.17, 15) is 4.79 Å². The van der Waals surface area contributed by atoms with Crippen molar-refractivity contribution in [3.8, 4) is 0 Å². The van der Waals surface area contributed by atoms with Crippen LogP contribution in [0.15, 0.2) is 10.6 Å². The molecule has 0 spiro atoms. The lowest BCUT2D eigenvalue weighted by atomic mass is 10.1. The molecule has 1 aromatic rings. The number of aliphatic hydroxyl groups excluding tert-OH is 1. The lowest BCUT2D eigenvalue weighted by Gasteiger charge is -2.15. The Labute approximate surface area is 113 Å². The van der Waals surface area contributed by atoms with Gasteiger partial charge in [0.05, 0.1) is 12.2 Å².